The Labute approximate surface area is 114 Å². The largest absolute Gasteiger partial charge is 0.383 e. The van der Waals surface area contributed by atoms with Crippen molar-refractivity contribution in [3.8, 4) is 0 Å². The molecule has 0 unspecified atom stereocenters. The highest BCUT2D eigenvalue weighted by Crippen LogP contribution is 2.29. The minimum Gasteiger partial charge on any atom is -0.383 e. The predicted molar refractivity (Wildman–Crippen MR) is 79.9 cm³/mol. The van der Waals surface area contributed by atoms with E-state index in [4.69, 9.17) is 5.73 Å². The zero-order chi connectivity index (χ0) is 13.2. The van der Waals surface area contributed by atoms with Crippen molar-refractivity contribution in [1.29, 1.82) is 0 Å². The Balaban J connectivity index is 1.88. The summed E-state index contributed by atoms with van der Waals surface area (Å²) < 4.78 is 0. The average molecular weight is 255 g/mol. The van der Waals surface area contributed by atoms with Crippen molar-refractivity contribution in [2.24, 2.45) is 0 Å². The lowest BCUT2D eigenvalue weighted by Crippen LogP contribution is -2.26. The quantitative estimate of drug-likeness (QED) is 0.892. The zero-order valence-electron chi connectivity index (χ0n) is 11.5. The molecule has 19 heavy (non-hydrogen) atoms. The Bertz CT molecular complexity index is 575. The number of hydrogen-bond donors (Lipinski definition) is 1. The number of aromatic nitrogens is 1. The van der Waals surface area contributed by atoms with Gasteiger partial charge in [0.1, 0.15) is 5.82 Å². The summed E-state index contributed by atoms with van der Waals surface area (Å²) in [5.74, 6) is 0.681. The van der Waals surface area contributed by atoms with Gasteiger partial charge in [-0.25, -0.2) is 4.98 Å². The lowest BCUT2D eigenvalue weighted by atomic mass is 10.1. The summed E-state index contributed by atoms with van der Waals surface area (Å²) in [6.45, 7) is 4.32. The van der Waals surface area contributed by atoms with Crippen molar-refractivity contribution < 1.29 is 0 Å². The molecule has 2 N–H and O–H groups in total. The van der Waals surface area contributed by atoms with Crippen LogP contribution in [-0.4, -0.2) is 22.5 Å². The van der Waals surface area contributed by atoms with E-state index >= 15 is 0 Å². The smallest absolute Gasteiger partial charge is 0.128 e. The van der Waals surface area contributed by atoms with Crippen LogP contribution in [0.2, 0.25) is 0 Å². The number of hydrogen-bond acceptors (Lipinski definition) is 3. The van der Waals surface area contributed by atoms with E-state index < -0.39 is 0 Å². The molecule has 1 saturated carbocycles. The maximum absolute atomic E-state index is 6.11. The van der Waals surface area contributed by atoms with Crippen molar-refractivity contribution in [2.75, 3.05) is 12.3 Å². The van der Waals surface area contributed by atoms with Crippen LogP contribution in [0.3, 0.4) is 0 Å². The van der Waals surface area contributed by atoms with Gasteiger partial charge in [-0.1, -0.05) is 25.1 Å². The van der Waals surface area contributed by atoms with Crippen molar-refractivity contribution in [3.05, 3.63) is 35.9 Å². The summed E-state index contributed by atoms with van der Waals surface area (Å²) in [5, 5.41) is 1.18. The standard InChI is InChI=1S/C16H21N3/c1-2-9-19(14-7-8-14)11-13-10-12-5-3-4-6-15(12)18-16(13)17/h3-6,10,14H,2,7-9,11H2,1H3,(H2,17,18). The third-order valence-electron chi connectivity index (χ3n) is 3.78. The van der Waals surface area contributed by atoms with Crippen LogP contribution in [0.25, 0.3) is 10.9 Å². The number of nitrogens with zero attached hydrogens (tertiary/aromatic N) is 2. The second kappa shape index (κ2) is 5.17. The monoisotopic (exact) mass is 255 g/mol. The molecule has 3 nitrogen and oxygen atoms in total. The molecular weight excluding hydrogens is 234 g/mol. The molecule has 0 aliphatic heterocycles. The van der Waals surface area contributed by atoms with Gasteiger partial charge in [-0.15, -0.1) is 0 Å². The number of nitrogen functional groups attached to an aromatic ring is 1. The first-order chi connectivity index (χ1) is 9.28. The van der Waals surface area contributed by atoms with Gasteiger partial charge in [-0.3, -0.25) is 4.90 Å². The van der Waals surface area contributed by atoms with Gasteiger partial charge in [-0.05, 0) is 37.9 Å². The molecule has 0 amide bonds. The summed E-state index contributed by atoms with van der Waals surface area (Å²) in [4.78, 5) is 7.06. The van der Waals surface area contributed by atoms with E-state index in [0.29, 0.717) is 5.82 Å². The van der Waals surface area contributed by atoms with E-state index in [2.05, 4.69) is 35.0 Å². The number of pyridine rings is 1. The molecule has 1 fully saturated rings. The number of anilines is 1. The normalized spacial score (nSPS) is 15.3. The molecule has 0 spiro atoms. The molecule has 3 heteroatoms. The van der Waals surface area contributed by atoms with Crippen molar-refractivity contribution in [1.82, 2.24) is 9.88 Å². The number of rotatable bonds is 5. The van der Waals surface area contributed by atoms with Crippen LogP contribution in [-0.2, 0) is 6.54 Å². The van der Waals surface area contributed by atoms with Gasteiger partial charge in [0.05, 0.1) is 5.52 Å². The third-order valence-corrected chi connectivity index (χ3v) is 3.78. The summed E-state index contributed by atoms with van der Waals surface area (Å²) in [6.07, 6.45) is 3.86. The average Bonchev–Trinajstić information content (AvgIpc) is 3.23. The molecule has 2 aromatic rings. The van der Waals surface area contributed by atoms with Crippen LogP contribution < -0.4 is 5.73 Å². The van der Waals surface area contributed by atoms with Crippen LogP contribution >= 0.6 is 0 Å². The van der Waals surface area contributed by atoms with E-state index in [0.717, 1.165) is 24.6 Å². The topological polar surface area (TPSA) is 42.2 Å². The molecule has 3 rings (SSSR count). The summed E-state index contributed by atoms with van der Waals surface area (Å²) in [5.41, 5.74) is 8.26. The molecule has 1 heterocycles. The Kier molecular flexibility index (Phi) is 3.38. The molecule has 100 valence electrons. The lowest BCUT2D eigenvalue weighted by molar-refractivity contribution is 0.255. The fourth-order valence-corrected chi connectivity index (χ4v) is 2.64. The second-order valence-corrected chi connectivity index (χ2v) is 5.43. The molecule has 1 aromatic carbocycles. The summed E-state index contributed by atoms with van der Waals surface area (Å²) in [7, 11) is 0. The molecule has 0 radical (unpaired) electrons. The molecule has 1 aliphatic rings. The Hall–Kier alpha value is -1.61. The number of fused-ring (bicyclic) bond motifs is 1. The fourth-order valence-electron chi connectivity index (χ4n) is 2.64. The van der Waals surface area contributed by atoms with E-state index in [1.807, 2.05) is 12.1 Å². The highest BCUT2D eigenvalue weighted by Gasteiger charge is 2.28. The Morgan fingerprint density at radius 2 is 2.11 bits per heavy atom. The molecular formula is C16H21N3. The van der Waals surface area contributed by atoms with E-state index in [1.54, 1.807) is 0 Å². The minimum atomic E-state index is 0.681. The van der Waals surface area contributed by atoms with Crippen LogP contribution in [0.15, 0.2) is 30.3 Å². The van der Waals surface area contributed by atoms with Gasteiger partial charge in [-0.2, -0.15) is 0 Å². The first-order valence-corrected chi connectivity index (χ1v) is 7.16. The lowest BCUT2D eigenvalue weighted by Gasteiger charge is -2.22. The molecule has 0 atom stereocenters. The zero-order valence-corrected chi connectivity index (χ0v) is 11.5. The van der Waals surface area contributed by atoms with Crippen molar-refractivity contribution in [3.63, 3.8) is 0 Å². The minimum absolute atomic E-state index is 0.681. The molecule has 1 aliphatic carbocycles. The van der Waals surface area contributed by atoms with Gasteiger partial charge < -0.3 is 5.73 Å². The van der Waals surface area contributed by atoms with Gasteiger partial charge >= 0.3 is 0 Å². The Morgan fingerprint density at radius 1 is 1.32 bits per heavy atom. The number of para-hydroxylation sites is 1. The van der Waals surface area contributed by atoms with Crippen LogP contribution in [0.5, 0.6) is 0 Å². The first kappa shape index (κ1) is 12.4. The van der Waals surface area contributed by atoms with Gasteiger partial charge in [0, 0.05) is 23.5 Å². The van der Waals surface area contributed by atoms with Crippen molar-refractivity contribution >= 4 is 16.7 Å². The SMILES string of the molecule is CCCN(Cc1cc2ccccc2nc1N)C1CC1. The Morgan fingerprint density at radius 3 is 2.84 bits per heavy atom. The van der Waals surface area contributed by atoms with E-state index in [1.165, 1.54) is 30.2 Å². The van der Waals surface area contributed by atoms with E-state index in [-0.39, 0.29) is 0 Å². The van der Waals surface area contributed by atoms with Gasteiger partial charge in [0.2, 0.25) is 0 Å². The van der Waals surface area contributed by atoms with Gasteiger partial charge in [0.15, 0.2) is 0 Å². The fraction of sp³-hybridized carbons (Fsp3) is 0.438. The maximum Gasteiger partial charge on any atom is 0.128 e. The predicted octanol–water partition coefficient (Wildman–Crippen LogP) is 3.19. The van der Waals surface area contributed by atoms with Crippen LogP contribution in [0.4, 0.5) is 5.82 Å². The molecule has 0 bridgehead atoms. The van der Waals surface area contributed by atoms with Crippen LogP contribution in [0.1, 0.15) is 31.7 Å². The number of nitrogens with two attached hydrogens (primary N) is 1. The highest BCUT2D eigenvalue weighted by atomic mass is 15.2. The first-order valence-electron chi connectivity index (χ1n) is 7.16. The third kappa shape index (κ3) is 2.71. The van der Waals surface area contributed by atoms with Crippen molar-refractivity contribution in [2.45, 2.75) is 38.8 Å². The maximum atomic E-state index is 6.11. The van der Waals surface area contributed by atoms with Crippen LogP contribution in [0, 0.1) is 0 Å². The second-order valence-electron chi connectivity index (χ2n) is 5.43. The van der Waals surface area contributed by atoms with Gasteiger partial charge in [0.25, 0.3) is 0 Å². The summed E-state index contributed by atoms with van der Waals surface area (Å²) >= 11 is 0. The molecule has 0 saturated heterocycles. The molecule has 1 aromatic heterocycles. The van der Waals surface area contributed by atoms with E-state index in [9.17, 15) is 0 Å². The summed E-state index contributed by atoms with van der Waals surface area (Å²) in [6, 6.07) is 11.1. The number of benzene rings is 1. The highest BCUT2D eigenvalue weighted by molar-refractivity contribution is 5.81.